The lowest BCUT2D eigenvalue weighted by atomic mass is 9.82. The summed E-state index contributed by atoms with van der Waals surface area (Å²) in [4.78, 5) is 41.3. The first-order valence-corrected chi connectivity index (χ1v) is 19.4. The molecule has 0 saturated carbocycles. The van der Waals surface area contributed by atoms with Crippen LogP contribution in [0.1, 0.15) is 30.2 Å². The van der Waals surface area contributed by atoms with Crippen molar-refractivity contribution in [3.8, 4) is 0 Å². The molecule has 16 heteroatoms. The van der Waals surface area contributed by atoms with Crippen molar-refractivity contribution in [2.45, 2.75) is 93.9 Å². The topological polar surface area (TPSA) is 220 Å². The van der Waals surface area contributed by atoms with Crippen LogP contribution in [-0.4, -0.2) is 109 Å². The maximum absolute atomic E-state index is 14.8. The monoisotopic (exact) mass is 697 g/mol. The van der Waals surface area contributed by atoms with Crippen LogP contribution in [0.5, 0.6) is 0 Å². The van der Waals surface area contributed by atoms with Crippen LogP contribution < -0.4 is 10.2 Å². The number of hydrogen-bond acceptors (Lipinski definition) is 12. The highest BCUT2D eigenvalue weighted by Crippen LogP contribution is 2.60. The maximum Gasteiger partial charge on any atom is 0.264 e. The fourth-order valence-electron chi connectivity index (χ4n) is 7.58. The number of ether oxygens (including phenoxy) is 2. The van der Waals surface area contributed by atoms with Gasteiger partial charge in [0.1, 0.15) is 18.3 Å². The molecule has 1 aromatic heterocycles. The number of aliphatic hydroxyl groups excluding tert-OH is 5. The Balaban J connectivity index is 1.36. The van der Waals surface area contributed by atoms with Gasteiger partial charge in [0.2, 0.25) is 0 Å². The van der Waals surface area contributed by atoms with Crippen LogP contribution in [0, 0.1) is 5.92 Å². The number of rotatable bonds is 10. The molecule has 6 rings (SSSR count). The largest absolute Gasteiger partial charge is 0.432 e. The molecule has 2 aromatic carbocycles. The number of nitrogens with one attached hydrogen (secondary N) is 1. The Bertz CT molecular complexity index is 1670. The standard InChI is InChI=1S/C33H43N5O10Si/c1-18-29(49(2,3)46)24(11-13-37-17-21(12-14-39)35-36-37)48-33(18)22-15-20(34-30(43)28-26(41)25(40)27(42)31(44)47-28)9-10-23(22)38(32(33)45)16-19-7-5-4-6-8-19/h4-10,15,17-18,24-29,31,39-42,44,46H,11-14,16H2,1-3H3,(H,34,43)/t18-,24+,25-,26-,27+,28-,29-,31+,33+/m0/s1. The van der Waals surface area contributed by atoms with Gasteiger partial charge >= 0.3 is 0 Å². The van der Waals surface area contributed by atoms with Crippen LogP contribution in [0.15, 0.2) is 54.7 Å². The Morgan fingerprint density at radius 2 is 1.80 bits per heavy atom. The molecule has 3 aliphatic rings. The van der Waals surface area contributed by atoms with E-state index in [1.165, 1.54) is 0 Å². The van der Waals surface area contributed by atoms with Gasteiger partial charge in [0, 0.05) is 48.5 Å². The minimum Gasteiger partial charge on any atom is -0.432 e. The number of aryl methyl sites for hydroxylation is 1. The van der Waals surface area contributed by atoms with Gasteiger partial charge in [0.25, 0.3) is 11.8 Å². The molecular weight excluding hydrogens is 654 g/mol. The minimum atomic E-state index is -2.98. The first-order valence-electron chi connectivity index (χ1n) is 16.3. The number of amides is 2. The van der Waals surface area contributed by atoms with E-state index < -0.39 is 62.6 Å². The average molecular weight is 698 g/mol. The second kappa shape index (κ2) is 13.6. The van der Waals surface area contributed by atoms with Gasteiger partial charge in [0.15, 0.2) is 26.3 Å². The maximum atomic E-state index is 14.8. The zero-order chi connectivity index (χ0) is 35.2. The molecule has 3 aliphatic heterocycles. The second-order valence-corrected chi connectivity index (χ2v) is 17.6. The Morgan fingerprint density at radius 3 is 2.49 bits per heavy atom. The normalized spacial score (nSPS) is 31.4. The highest BCUT2D eigenvalue weighted by Gasteiger charge is 2.66. The fourth-order valence-corrected chi connectivity index (χ4v) is 10.2. The highest BCUT2D eigenvalue weighted by atomic mass is 28.4. The molecule has 0 radical (unpaired) electrons. The molecule has 4 heterocycles. The molecule has 15 nitrogen and oxygen atoms in total. The van der Waals surface area contributed by atoms with E-state index in [0.717, 1.165) is 5.56 Å². The molecule has 3 aromatic rings. The number of carbonyl (C=O) groups is 2. The zero-order valence-electron chi connectivity index (χ0n) is 27.5. The first-order chi connectivity index (χ1) is 23.3. The SMILES string of the molecule is C[C@H]1[C@H]([Si](C)(C)O)[C@@H](CCn2cc(CCO)nn2)O[C@]12C(=O)N(Cc1ccccc1)c1ccc(NC(=O)[C@H]3O[C@@H](O)[C@H](O)[C@@H](O)[C@@H]3O)cc12. The van der Waals surface area contributed by atoms with E-state index in [0.29, 0.717) is 36.3 Å². The van der Waals surface area contributed by atoms with Gasteiger partial charge < -0.3 is 50.0 Å². The van der Waals surface area contributed by atoms with E-state index in [2.05, 4.69) is 15.6 Å². The molecule has 264 valence electrons. The third-order valence-electron chi connectivity index (χ3n) is 9.88. The second-order valence-electron chi connectivity index (χ2n) is 13.6. The lowest BCUT2D eigenvalue weighted by Crippen LogP contribution is -2.60. The van der Waals surface area contributed by atoms with Crippen molar-refractivity contribution in [3.63, 3.8) is 0 Å². The predicted octanol–water partition coefficient (Wildman–Crippen LogP) is -0.0138. The predicted molar refractivity (Wildman–Crippen MR) is 176 cm³/mol. The van der Waals surface area contributed by atoms with E-state index >= 15 is 0 Å². The highest BCUT2D eigenvalue weighted by molar-refractivity contribution is 6.71. The summed E-state index contributed by atoms with van der Waals surface area (Å²) in [7, 11) is -2.98. The number of fused-ring (bicyclic) bond motifs is 2. The van der Waals surface area contributed by atoms with Crippen molar-refractivity contribution in [3.05, 3.63) is 71.5 Å². The van der Waals surface area contributed by atoms with Gasteiger partial charge in [-0.15, -0.1) is 5.10 Å². The van der Waals surface area contributed by atoms with Gasteiger partial charge in [0.05, 0.1) is 24.0 Å². The van der Waals surface area contributed by atoms with Gasteiger partial charge in [-0.1, -0.05) is 42.5 Å². The molecule has 0 bridgehead atoms. The average Bonchev–Trinajstić information content (AvgIpc) is 3.71. The summed E-state index contributed by atoms with van der Waals surface area (Å²) in [5.41, 5.74) is 0.942. The summed E-state index contributed by atoms with van der Waals surface area (Å²) in [6.07, 6.45) is -7.03. The van der Waals surface area contributed by atoms with Gasteiger partial charge in [-0.05, 0) is 43.3 Å². The van der Waals surface area contributed by atoms with Crippen molar-refractivity contribution < 1.29 is 49.4 Å². The molecule has 49 heavy (non-hydrogen) atoms. The van der Waals surface area contributed by atoms with E-state index in [9.17, 15) is 39.9 Å². The van der Waals surface area contributed by atoms with Crippen LogP contribution in [0.4, 0.5) is 11.4 Å². The lowest BCUT2D eigenvalue weighted by Gasteiger charge is -2.37. The molecule has 2 fully saturated rings. The van der Waals surface area contributed by atoms with Crippen molar-refractivity contribution in [1.29, 1.82) is 0 Å². The van der Waals surface area contributed by atoms with E-state index in [1.54, 1.807) is 34.0 Å². The number of carbonyl (C=O) groups excluding carboxylic acids is 2. The summed E-state index contributed by atoms with van der Waals surface area (Å²) in [6.45, 7) is 6.15. The Morgan fingerprint density at radius 1 is 1.06 bits per heavy atom. The van der Waals surface area contributed by atoms with Crippen LogP contribution in [0.3, 0.4) is 0 Å². The van der Waals surface area contributed by atoms with Gasteiger partial charge in [-0.2, -0.15) is 0 Å². The van der Waals surface area contributed by atoms with E-state index in [4.69, 9.17) is 9.47 Å². The third-order valence-corrected chi connectivity index (χ3v) is 12.4. The molecule has 2 amide bonds. The number of benzene rings is 2. The van der Waals surface area contributed by atoms with Gasteiger partial charge in [-0.25, -0.2) is 0 Å². The Labute approximate surface area is 283 Å². The number of anilines is 2. The summed E-state index contributed by atoms with van der Waals surface area (Å²) >= 11 is 0. The Hall–Kier alpha value is -3.58. The summed E-state index contributed by atoms with van der Waals surface area (Å²) in [6, 6.07) is 14.4. The molecule has 0 aliphatic carbocycles. The lowest BCUT2D eigenvalue weighted by molar-refractivity contribution is -0.274. The summed E-state index contributed by atoms with van der Waals surface area (Å²) in [5, 5.41) is 60.5. The molecule has 7 N–H and O–H groups in total. The van der Waals surface area contributed by atoms with Crippen LogP contribution in [0.25, 0.3) is 0 Å². The number of nitrogens with zero attached hydrogens (tertiary/aromatic N) is 4. The number of hydrogen-bond donors (Lipinski definition) is 7. The molecular formula is C33H43N5O10Si. The smallest absolute Gasteiger partial charge is 0.264 e. The summed E-state index contributed by atoms with van der Waals surface area (Å²) < 4.78 is 13.7. The van der Waals surface area contributed by atoms with E-state index in [1.807, 2.05) is 50.3 Å². The molecule has 0 unspecified atom stereocenters. The fraction of sp³-hybridized carbons (Fsp3) is 0.515. The van der Waals surface area contributed by atoms with E-state index in [-0.39, 0.29) is 30.3 Å². The molecule has 2 saturated heterocycles. The van der Waals surface area contributed by atoms with Crippen LogP contribution in [-0.2, 0) is 44.2 Å². The zero-order valence-corrected chi connectivity index (χ0v) is 28.5. The van der Waals surface area contributed by atoms with Crippen molar-refractivity contribution in [2.75, 3.05) is 16.8 Å². The molecule has 9 atom stereocenters. The van der Waals surface area contributed by atoms with Crippen LogP contribution in [0.2, 0.25) is 18.6 Å². The van der Waals surface area contributed by atoms with Crippen LogP contribution >= 0.6 is 0 Å². The number of aliphatic hydroxyl groups is 5. The number of aromatic nitrogens is 3. The van der Waals surface area contributed by atoms with Gasteiger partial charge in [-0.3, -0.25) is 14.3 Å². The summed E-state index contributed by atoms with van der Waals surface area (Å²) in [5.74, 6) is -1.67. The first kappa shape index (κ1) is 35.3. The van der Waals surface area contributed by atoms with Crippen molar-refractivity contribution in [2.24, 2.45) is 5.92 Å². The van der Waals surface area contributed by atoms with Crippen molar-refractivity contribution in [1.82, 2.24) is 15.0 Å². The Kier molecular flexibility index (Phi) is 9.80. The third kappa shape index (κ3) is 6.44. The molecule has 1 spiro atoms. The van der Waals surface area contributed by atoms with Crippen molar-refractivity contribution >= 4 is 31.5 Å². The quantitative estimate of drug-likeness (QED) is 0.139. The minimum absolute atomic E-state index is 0.0540.